The van der Waals surface area contributed by atoms with Gasteiger partial charge in [0.25, 0.3) is 0 Å². The second kappa shape index (κ2) is 4.40. The molecule has 14 heavy (non-hydrogen) atoms. The van der Waals surface area contributed by atoms with Gasteiger partial charge in [0.15, 0.2) is 0 Å². The van der Waals surface area contributed by atoms with Crippen molar-refractivity contribution in [3.8, 4) is 0 Å². The van der Waals surface area contributed by atoms with E-state index in [0.717, 1.165) is 6.08 Å². The fraction of sp³-hybridized carbons (Fsp3) is 0. The van der Waals surface area contributed by atoms with E-state index in [4.69, 9.17) is 10.4 Å². The van der Waals surface area contributed by atoms with Crippen molar-refractivity contribution < 1.29 is 20.3 Å². The van der Waals surface area contributed by atoms with Crippen LogP contribution in [0.2, 0.25) is 0 Å². The van der Waals surface area contributed by atoms with Crippen LogP contribution in [0.25, 0.3) is 6.08 Å². The van der Waals surface area contributed by atoms with Crippen molar-refractivity contribution in [1.29, 1.82) is 0 Å². The summed E-state index contributed by atoms with van der Waals surface area (Å²) >= 11 is 0. The minimum atomic E-state index is -1.28. The molecule has 0 spiro atoms. The molecule has 2 N–H and O–H groups in total. The van der Waals surface area contributed by atoms with E-state index in [0.29, 0.717) is 5.56 Å². The first-order chi connectivity index (χ1) is 6.59. The molecule has 0 saturated heterocycles. The van der Waals surface area contributed by atoms with E-state index in [1.54, 1.807) is 0 Å². The molecule has 5 nitrogen and oxygen atoms in total. The van der Waals surface area contributed by atoms with Crippen LogP contribution in [0.3, 0.4) is 0 Å². The van der Waals surface area contributed by atoms with Crippen molar-refractivity contribution >= 4 is 17.7 Å². The molecule has 1 aromatic rings. The van der Waals surface area contributed by atoms with Gasteiger partial charge in [-0.15, -0.1) is 5.23 Å². The van der Waals surface area contributed by atoms with Crippen LogP contribution in [0.5, 0.6) is 0 Å². The van der Waals surface area contributed by atoms with Gasteiger partial charge in [-0.05, 0) is 23.8 Å². The largest absolute Gasteiger partial charge is 0.545 e. The van der Waals surface area contributed by atoms with Gasteiger partial charge >= 0.3 is 0 Å². The van der Waals surface area contributed by atoms with Crippen LogP contribution in [0.4, 0.5) is 5.69 Å². The minimum Gasteiger partial charge on any atom is -0.545 e. The number of rotatable bonds is 3. The molecule has 1 aromatic carbocycles. The van der Waals surface area contributed by atoms with Crippen LogP contribution >= 0.6 is 0 Å². The summed E-state index contributed by atoms with van der Waals surface area (Å²) in [6.45, 7) is 0. The number of hydrogen-bond donors (Lipinski definition) is 2. The van der Waals surface area contributed by atoms with E-state index in [2.05, 4.69) is 0 Å². The quantitative estimate of drug-likeness (QED) is 0.524. The number of anilines is 1. The van der Waals surface area contributed by atoms with E-state index in [-0.39, 0.29) is 10.9 Å². The summed E-state index contributed by atoms with van der Waals surface area (Å²) in [5.74, 6) is -1.28. The van der Waals surface area contributed by atoms with Crippen LogP contribution in [0.15, 0.2) is 30.3 Å². The van der Waals surface area contributed by atoms with E-state index < -0.39 is 5.97 Å². The van der Waals surface area contributed by atoms with Gasteiger partial charge in [-0.25, -0.2) is 0 Å². The number of carbonyl (C=O) groups is 1. The number of nitrogens with zero attached hydrogens (tertiary/aromatic N) is 1. The maximum Gasteiger partial charge on any atom is 0.0943 e. The van der Waals surface area contributed by atoms with Gasteiger partial charge in [-0.3, -0.25) is 10.4 Å². The Labute approximate surface area is 80.0 Å². The molecule has 0 bridgehead atoms. The molecule has 0 heterocycles. The van der Waals surface area contributed by atoms with Crippen LogP contribution in [-0.2, 0) is 4.79 Å². The first kappa shape index (κ1) is 10.2. The first-order valence-corrected chi connectivity index (χ1v) is 3.76. The number of carbonyl (C=O) groups excluding carboxylic acids is 1. The molecule has 0 atom stereocenters. The van der Waals surface area contributed by atoms with Crippen LogP contribution in [0, 0.1) is 0 Å². The van der Waals surface area contributed by atoms with E-state index in [1.165, 1.54) is 30.3 Å². The van der Waals surface area contributed by atoms with Crippen molar-refractivity contribution in [2.24, 2.45) is 0 Å². The fourth-order valence-corrected chi connectivity index (χ4v) is 0.883. The van der Waals surface area contributed by atoms with Gasteiger partial charge in [0.2, 0.25) is 0 Å². The summed E-state index contributed by atoms with van der Waals surface area (Å²) in [6.07, 6.45) is 2.24. The third-order valence-electron chi connectivity index (χ3n) is 1.54. The Morgan fingerprint density at radius 3 is 2.29 bits per heavy atom. The molecule has 74 valence electrons. The molecule has 0 saturated carbocycles. The standard InChI is InChI=1S/C9H9NO4/c11-9(12)6-3-7-1-4-8(5-2-7)10(13)14/h1-6,13-14H,(H,11,12)/p-1/b6-3+. The Kier molecular flexibility index (Phi) is 3.22. The zero-order valence-corrected chi connectivity index (χ0v) is 7.12. The topological polar surface area (TPSA) is 83.8 Å². The van der Waals surface area contributed by atoms with Crippen molar-refractivity contribution in [2.75, 3.05) is 5.23 Å². The molecule has 0 aliphatic heterocycles. The first-order valence-electron chi connectivity index (χ1n) is 3.76. The molecule has 1 rings (SSSR count). The van der Waals surface area contributed by atoms with Crippen LogP contribution < -0.4 is 10.3 Å². The molecule has 5 heteroatoms. The average Bonchev–Trinajstić information content (AvgIpc) is 2.15. The molecule has 0 unspecified atom stereocenters. The van der Waals surface area contributed by atoms with Gasteiger partial charge in [0.05, 0.1) is 11.7 Å². The number of carboxylic acid groups (broad SMARTS) is 1. The summed E-state index contributed by atoms with van der Waals surface area (Å²) in [7, 11) is 0. The van der Waals surface area contributed by atoms with E-state index in [9.17, 15) is 9.90 Å². The lowest BCUT2D eigenvalue weighted by Gasteiger charge is -2.06. The normalized spacial score (nSPS) is 10.4. The smallest absolute Gasteiger partial charge is 0.0943 e. The Morgan fingerprint density at radius 2 is 1.86 bits per heavy atom. The number of aliphatic carboxylic acids is 1. The number of hydrogen-bond acceptors (Lipinski definition) is 5. The van der Waals surface area contributed by atoms with Crippen molar-refractivity contribution in [2.45, 2.75) is 0 Å². The molecule has 0 aromatic heterocycles. The number of benzene rings is 1. The average molecular weight is 194 g/mol. The van der Waals surface area contributed by atoms with Gasteiger partial charge in [0, 0.05) is 0 Å². The Bertz CT molecular complexity index is 342. The van der Waals surface area contributed by atoms with Gasteiger partial charge < -0.3 is 9.90 Å². The molecule has 0 fully saturated rings. The SMILES string of the molecule is O=C([O-])/C=C/c1ccc(N(O)O)cc1. The van der Waals surface area contributed by atoms with Gasteiger partial charge in [0.1, 0.15) is 0 Å². The fourth-order valence-electron chi connectivity index (χ4n) is 0.883. The van der Waals surface area contributed by atoms with Crippen LogP contribution in [-0.4, -0.2) is 16.4 Å². The molecule has 0 aliphatic carbocycles. The summed E-state index contributed by atoms with van der Waals surface area (Å²) in [4.78, 5) is 10.1. The summed E-state index contributed by atoms with van der Waals surface area (Å²) in [5, 5.41) is 27.2. The monoisotopic (exact) mass is 194 g/mol. The Balaban J connectivity index is 2.78. The van der Waals surface area contributed by atoms with Gasteiger partial charge in [-0.1, -0.05) is 18.2 Å². The Hall–Kier alpha value is -1.85. The van der Waals surface area contributed by atoms with Crippen molar-refractivity contribution in [3.63, 3.8) is 0 Å². The van der Waals surface area contributed by atoms with Crippen molar-refractivity contribution in [1.82, 2.24) is 0 Å². The third-order valence-corrected chi connectivity index (χ3v) is 1.54. The zero-order chi connectivity index (χ0) is 10.6. The highest BCUT2D eigenvalue weighted by atomic mass is 16.8. The maximum atomic E-state index is 10.1. The van der Waals surface area contributed by atoms with Gasteiger partial charge in [-0.2, -0.15) is 0 Å². The second-order valence-electron chi connectivity index (χ2n) is 2.53. The summed E-state index contributed by atoms with van der Waals surface area (Å²) in [6, 6.07) is 5.92. The molecular formula is C9H8NO4-. The minimum absolute atomic E-state index is 0.0216. The van der Waals surface area contributed by atoms with Crippen LogP contribution in [0.1, 0.15) is 5.56 Å². The highest BCUT2D eigenvalue weighted by Gasteiger charge is 1.96. The zero-order valence-electron chi connectivity index (χ0n) is 7.12. The molecule has 0 amide bonds. The predicted octanol–water partition coefficient (Wildman–Crippen LogP) is 0.0345. The molecule has 0 radical (unpaired) electrons. The lowest BCUT2D eigenvalue weighted by Crippen LogP contribution is -2.18. The maximum absolute atomic E-state index is 10.1. The highest BCUT2D eigenvalue weighted by Crippen LogP contribution is 2.12. The van der Waals surface area contributed by atoms with Crippen molar-refractivity contribution in [3.05, 3.63) is 35.9 Å². The van der Waals surface area contributed by atoms with E-state index in [1.807, 2.05) is 0 Å². The second-order valence-corrected chi connectivity index (χ2v) is 2.53. The summed E-state index contributed by atoms with van der Waals surface area (Å²) < 4.78 is 0. The third kappa shape index (κ3) is 2.89. The molecule has 0 aliphatic rings. The number of carboxylic acids is 1. The molecular weight excluding hydrogens is 186 g/mol. The lowest BCUT2D eigenvalue weighted by atomic mass is 10.2. The Morgan fingerprint density at radius 1 is 1.29 bits per heavy atom. The highest BCUT2D eigenvalue weighted by molar-refractivity contribution is 5.83. The predicted molar refractivity (Wildman–Crippen MR) is 46.5 cm³/mol. The summed E-state index contributed by atoms with van der Waals surface area (Å²) in [5.41, 5.74) is 0.815. The van der Waals surface area contributed by atoms with E-state index >= 15 is 0 Å². The lowest BCUT2D eigenvalue weighted by molar-refractivity contribution is -0.297.